The first kappa shape index (κ1) is 13.2. The molecule has 1 aliphatic heterocycles. The Morgan fingerprint density at radius 1 is 1.28 bits per heavy atom. The van der Waals surface area contributed by atoms with Crippen LogP contribution in [0.2, 0.25) is 0 Å². The summed E-state index contributed by atoms with van der Waals surface area (Å²) in [5.41, 5.74) is 7.24. The van der Waals surface area contributed by atoms with E-state index in [9.17, 15) is 0 Å². The highest BCUT2D eigenvalue weighted by Gasteiger charge is 2.30. The quantitative estimate of drug-likeness (QED) is 0.892. The van der Waals surface area contributed by atoms with Gasteiger partial charge in [-0.1, -0.05) is 0 Å². The van der Waals surface area contributed by atoms with Gasteiger partial charge in [0.25, 0.3) is 0 Å². The Bertz CT molecular complexity index is 408. The first-order chi connectivity index (χ1) is 8.65. The van der Waals surface area contributed by atoms with Crippen molar-refractivity contribution in [2.75, 3.05) is 14.2 Å². The molecule has 0 aromatic heterocycles. The minimum atomic E-state index is -0.181. The van der Waals surface area contributed by atoms with Crippen LogP contribution in [0.15, 0.2) is 18.2 Å². The molecule has 3 atom stereocenters. The second-order valence-corrected chi connectivity index (χ2v) is 4.70. The molecule has 0 radical (unpaired) electrons. The summed E-state index contributed by atoms with van der Waals surface area (Å²) in [6.45, 7) is 2.08. The highest BCUT2D eigenvalue weighted by Crippen LogP contribution is 2.34. The van der Waals surface area contributed by atoms with E-state index in [4.69, 9.17) is 19.9 Å². The summed E-state index contributed by atoms with van der Waals surface area (Å²) >= 11 is 0. The molecule has 1 aromatic carbocycles. The summed E-state index contributed by atoms with van der Waals surface area (Å²) < 4.78 is 16.4. The van der Waals surface area contributed by atoms with Gasteiger partial charge < -0.3 is 19.9 Å². The third kappa shape index (κ3) is 2.60. The molecule has 1 fully saturated rings. The van der Waals surface area contributed by atoms with E-state index < -0.39 is 0 Å². The molecule has 4 nitrogen and oxygen atoms in total. The van der Waals surface area contributed by atoms with Gasteiger partial charge in [-0.3, -0.25) is 0 Å². The van der Waals surface area contributed by atoms with E-state index in [0.717, 1.165) is 29.9 Å². The number of hydrogen-bond donors (Lipinski definition) is 1. The summed E-state index contributed by atoms with van der Waals surface area (Å²) in [7, 11) is 3.29. The van der Waals surface area contributed by atoms with Gasteiger partial charge in [-0.25, -0.2) is 0 Å². The Morgan fingerprint density at radius 2 is 2.06 bits per heavy atom. The summed E-state index contributed by atoms with van der Waals surface area (Å²) in [6.07, 6.45) is 2.39. The lowest BCUT2D eigenvalue weighted by molar-refractivity contribution is 0.0396. The highest BCUT2D eigenvalue weighted by molar-refractivity contribution is 5.42. The molecule has 0 amide bonds. The van der Waals surface area contributed by atoms with Crippen molar-refractivity contribution in [3.63, 3.8) is 0 Å². The van der Waals surface area contributed by atoms with Crippen molar-refractivity contribution in [1.29, 1.82) is 0 Å². The minimum absolute atomic E-state index is 0.0565. The van der Waals surface area contributed by atoms with Gasteiger partial charge in [-0.15, -0.1) is 0 Å². The normalized spacial score (nSPS) is 24.9. The van der Waals surface area contributed by atoms with Crippen molar-refractivity contribution < 1.29 is 14.2 Å². The van der Waals surface area contributed by atoms with Gasteiger partial charge in [-0.05, 0) is 38.0 Å². The third-order valence-corrected chi connectivity index (χ3v) is 3.46. The van der Waals surface area contributed by atoms with Crippen LogP contribution in [-0.4, -0.2) is 26.4 Å². The summed E-state index contributed by atoms with van der Waals surface area (Å²) in [5.74, 6) is 1.57. The van der Waals surface area contributed by atoms with Gasteiger partial charge in [0.15, 0.2) is 0 Å². The topological polar surface area (TPSA) is 53.7 Å². The molecule has 2 rings (SSSR count). The lowest BCUT2D eigenvalue weighted by Crippen LogP contribution is -2.26. The van der Waals surface area contributed by atoms with Crippen LogP contribution < -0.4 is 15.2 Å². The van der Waals surface area contributed by atoms with Crippen LogP contribution in [0.4, 0.5) is 0 Å². The third-order valence-electron chi connectivity index (χ3n) is 3.46. The van der Waals surface area contributed by atoms with Crippen molar-refractivity contribution in [3.8, 4) is 11.5 Å². The molecular formula is C14H21NO3. The lowest BCUT2D eigenvalue weighted by Gasteiger charge is -2.22. The maximum atomic E-state index is 6.30. The van der Waals surface area contributed by atoms with E-state index in [-0.39, 0.29) is 18.2 Å². The number of rotatable bonds is 4. The molecule has 1 heterocycles. The Hall–Kier alpha value is -1.26. The number of methoxy groups -OCH3 is 2. The van der Waals surface area contributed by atoms with Crippen molar-refractivity contribution in [3.05, 3.63) is 23.8 Å². The molecule has 0 bridgehead atoms. The van der Waals surface area contributed by atoms with Gasteiger partial charge in [0.1, 0.15) is 11.5 Å². The number of nitrogens with two attached hydrogens (primary N) is 1. The Balaban J connectivity index is 2.24. The molecule has 4 heteroatoms. The van der Waals surface area contributed by atoms with E-state index >= 15 is 0 Å². The second-order valence-electron chi connectivity index (χ2n) is 4.70. The zero-order valence-corrected chi connectivity index (χ0v) is 11.2. The maximum absolute atomic E-state index is 6.30. The predicted molar refractivity (Wildman–Crippen MR) is 70.0 cm³/mol. The van der Waals surface area contributed by atoms with Gasteiger partial charge in [0.2, 0.25) is 0 Å². The molecule has 0 saturated carbocycles. The van der Waals surface area contributed by atoms with E-state index in [0.29, 0.717) is 0 Å². The van der Waals surface area contributed by atoms with Crippen molar-refractivity contribution >= 4 is 0 Å². The summed E-state index contributed by atoms with van der Waals surface area (Å²) in [5, 5.41) is 0. The first-order valence-electron chi connectivity index (χ1n) is 6.28. The lowest BCUT2D eigenvalue weighted by atomic mass is 9.99. The monoisotopic (exact) mass is 251 g/mol. The largest absolute Gasteiger partial charge is 0.497 e. The molecule has 1 saturated heterocycles. The Labute approximate surface area is 108 Å². The molecule has 1 aliphatic rings. The van der Waals surface area contributed by atoms with Gasteiger partial charge in [0, 0.05) is 5.56 Å². The first-order valence-corrected chi connectivity index (χ1v) is 6.28. The number of hydrogen-bond acceptors (Lipinski definition) is 4. The van der Waals surface area contributed by atoms with Gasteiger partial charge >= 0.3 is 0 Å². The number of benzene rings is 1. The molecule has 0 aliphatic carbocycles. The van der Waals surface area contributed by atoms with E-state index in [1.807, 2.05) is 18.2 Å². The van der Waals surface area contributed by atoms with E-state index in [1.54, 1.807) is 14.2 Å². The van der Waals surface area contributed by atoms with Crippen LogP contribution >= 0.6 is 0 Å². The molecule has 18 heavy (non-hydrogen) atoms. The maximum Gasteiger partial charge on any atom is 0.123 e. The zero-order valence-electron chi connectivity index (χ0n) is 11.2. The smallest absolute Gasteiger partial charge is 0.123 e. The fourth-order valence-electron chi connectivity index (χ4n) is 2.40. The zero-order chi connectivity index (χ0) is 13.1. The summed E-state index contributed by atoms with van der Waals surface area (Å²) in [6, 6.07) is 5.50. The molecule has 3 unspecified atom stereocenters. The van der Waals surface area contributed by atoms with Crippen molar-refractivity contribution in [1.82, 2.24) is 0 Å². The van der Waals surface area contributed by atoms with Crippen LogP contribution in [0.3, 0.4) is 0 Å². The Kier molecular flexibility index (Phi) is 4.09. The van der Waals surface area contributed by atoms with Crippen LogP contribution in [0.1, 0.15) is 31.4 Å². The van der Waals surface area contributed by atoms with Gasteiger partial charge in [-0.2, -0.15) is 0 Å². The van der Waals surface area contributed by atoms with Crippen molar-refractivity contribution in [2.24, 2.45) is 5.73 Å². The van der Waals surface area contributed by atoms with Crippen LogP contribution in [0.5, 0.6) is 11.5 Å². The molecule has 1 aromatic rings. The van der Waals surface area contributed by atoms with E-state index in [1.165, 1.54) is 0 Å². The minimum Gasteiger partial charge on any atom is -0.497 e. The highest BCUT2D eigenvalue weighted by atomic mass is 16.5. The Morgan fingerprint density at radius 3 is 2.61 bits per heavy atom. The molecule has 0 spiro atoms. The summed E-state index contributed by atoms with van der Waals surface area (Å²) in [4.78, 5) is 0. The SMILES string of the molecule is COc1ccc(OC)c(C(N)C2CCC(C)O2)c1. The molecular weight excluding hydrogens is 230 g/mol. The standard InChI is InChI=1S/C14H21NO3/c1-9-4-6-13(18-9)14(15)11-8-10(16-2)5-7-12(11)17-3/h5,7-9,13-14H,4,6,15H2,1-3H3. The van der Waals surface area contributed by atoms with Crippen molar-refractivity contribution in [2.45, 2.75) is 38.0 Å². The fourth-order valence-corrected chi connectivity index (χ4v) is 2.40. The molecule has 2 N–H and O–H groups in total. The average molecular weight is 251 g/mol. The number of ether oxygens (including phenoxy) is 3. The van der Waals surface area contributed by atoms with Gasteiger partial charge in [0.05, 0.1) is 32.5 Å². The van der Waals surface area contributed by atoms with Crippen LogP contribution in [0.25, 0.3) is 0 Å². The van der Waals surface area contributed by atoms with Crippen LogP contribution in [0, 0.1) is 0 Å². The fraction of sp³-hybridized carbons (Fsp3) is 0.571. The van der Waals surface area contributed by atoms with Crippen LogP contribution in [-0.2, 0) is 4.74 Å². The van der Waals surface area contributed by atoms with E-state index in [2.05, 4.69) is 6.92 Å². The second kappa shape index (κ2) is 5.59. The predicted octanol–water partition coefficient (Wildman–Crippen LogP) is 2.27. The molecule has 100 valence electrons. The average Bonchev–Trinajstić information content (AvgIpc) is 2.83.